The second kappa shape index (κ2) is 11.9. The fraction of sp³-hybridized carbons (Fsp3) is 0.286. The molecule has 10 heteroatoms. The molecule has 0 atom stereocenters. The Labute approximate surface area is 236 Å². The van der Waals surface area contributed by atoms with Gasteiger partial charge in [0.1, 0.15) is 0 Å². The van der Waals surface area contributed by atoms with Crippen LogP contribution in [0.2, 0.25) is 5.02 Å². The quantitative estimate of drug-likeness (QED) is 0.358. The third kappa shape index (κ3) is 6.76. The zero-order valence-electron chi connectivity index (χ0n) is 21.1. The minimum Gasteiger partial charge on any atom is -0.343 e. The average molecular weight is 619 g/mol. The highest BCUT2D eigenvalue weighted by Gasteiger charge is 2.25. The molecule has 1 aliphatic heterocycles. The topological polar surface area (TPSA) is 95.6 Å². The molecule has 0 saturated carbocycles. The van der Waals surface area contributed by atoms with Crippen LogP contribution >= 0.6 is 27.5 Å². The standard InChI is InChI=1S/C28H29BrClN3O4S/c1-18-3-10-26(19(2)15-18)38(36,37)32-23-7-4-21(5-8-23)28(35)31-17-27(34)33-13-11-20(12-14-33)24-9-6-22(29)16-25(24)30/h3-10,15-16,20,32H,11-14,17H2,1-2H3,(H,31,35). The Hall–Kier alpha value is -2.88. The summed E-state index contributed by atoms with van der Waals surface area (Å²) >= 11 is 9.82. The number of benzene rings is 3. The van der Waals surface area contributed by atoms with Crippen molar-refractivity contribution >= 4 is 55.1 Å². The fourth-order valence-corrected chi connectivity index (χ4v) is 6.76. The van der Waals surface area contributed by atoms with Crippen molar-refractivity contribution in [2.75, 3.05) is 24.4 Å². The third-order valence-corrected chi connectivity index (χ3v) is 9.03. The molecule has 0 aliphatic carbocycles. The van der Waals surface area contributed by atoms with Crippen LogP contribution in [0.15, 0.2) is 70.0 Å². The van der Waals surface area contributed by atoms with Crippen molar-refractivity contribution in [2.24, 2.45) is 0 Å². The van der Waals surface area contributed by atoms with E-state index in [1.807, 2.05) is 31.2 Å². The summed E-state index contributed by atoms with van der Waals surface area (Å²) < 4.78 is 29.0. The van der Waals surface area contributed by atoms with Gasteiger partial charge in [-0.15, -0.1) is 0 Å². The van der Waals surface area contributed by atoms with Crippen LogP contribution in [0, 0.1) is 13.8 Å². The first kappa shape index (κ1) is 28.1. The van der Waals surface area contributed by atoms with E-state index in [2.05, 4.69) is 26.0 Å². The highest BCUT2D eigenvalue weighted by Crippen LogP contribution is 2.34. The van der Waals surface area contributed by atoms with E-state index in [0.717, 1.165) is 33.5 Å². The van der Waals surface area contributed by atoms with Crippen molar-refractivity contribution < 1.29 is 18.0 Å². The summed E-state index contributed by atoms with van der Waals surface area (Å²) in [6.45, 7) is 4.74. The Morgan fingerprint density at radius 1 is 1.00 bits per heavy atom. The monoisotopic (exact) mass is 617 g/mol. The van der Waals surface area contributed by atoms with Gasteiger partial charge in [0, 0.05) is 33.8 Å². The zero-order chi connectivity index (χ0) is 27.4. The second-order valence-electron chi connectivity index (χ2n) is 9.46. The molecule has 0 spiro atoms. The van der Waals surface area contributed by atoms with Gasteiger partial charge in [0.25, 0.3) is 15.9 Å². The average Bonchev–Trinajstić information content (AvgIpc) is 2.87. The number of nitrogens with zero attached hydrogens (tertiary/aromatic N) is 1. The van der Waals surface area contributed by atoms with Crippen molar-refractivity contribution in [1.29, 1.82) is 0 Å². The molecule has 2 amide bonds. The SMILES string of the molecule is Cc1ccc(S(=O)(=O)Nc2ccc(C(=O)NCC(=O)N3CCC(c4ccc(Br)cc4Cl)CC3)cc2)c(C)c1. The maximum atomic E-state index is 12.8. The molecule has 1 saturated heterocycles. The summed E-state index contributed by atoms with van der Waals surface area (Å²) in [5.74, 6) is -0.254. The van der Waals surface area contributed by atoms with Crippen molar-refractivity contribution in [1.82, 2.24) is 10.2 Å². The maximum absolute atomic E-state index is 12.8. The number of amides is 2. The van der Waals surface area contributed by atoms with Crippen LogP contribution in [0.25, 0.3) is 0 Å². The van der Waals surface area contributed by atoms with Crippen LogP contribution in [0.3, 0.4) is 0 Å². The first-order valence-corrected chi connectivity index (χ1v) is 14.9. The molecular weight excluding hydrogens is 590 g/mol. The van der Waals surface area contributed by atoms with Crippen LogP contribution in [0.5, 0.6) is 0 Å². The molecule has 1 fully saturated rings. The van der Waals surface area contributed by atoms with E-state index in [0.29, 0.717) is 35.8 Å². The number of carbonyl (C=O) groups is 2. The Kier molecular flexibility index (Phi) is 8.80. The number of rotatable bonds is 7. The van der Waals surface area contributed by atoms with Gasteiger partial charge in [-0.2, -0.15) is 0 Å². The van der Waals surface area contributed by atoms with Crippen molar-refractivity contribution in [3.63, 3.8) is 0 Å². The molecular formula is C28H29BrClN3O4S. The maximum Gasteiger partial charge on any atom is 0.262 e. The number of hydrogen-bond donors (Lipinski definition) is 2. The summed E-state index contributed by atoms with van der Waals surface area (Å²) in [6.07, 6.45) is 1.61. The smallest absolute Gasteiger partial charge is 0.262 e. The van der Waals surface area contributed by atoms with Gasteiger partial charge in [0.05, 0.1) is 11.4 Å². The highest BCUT2D eigenvalue weighted by molar-refractivity contribution is 9.10. The number of piperidine rings is 1. The first-order chi connectivity index (χ1) is 18.0. The molecule has 4 rings (SSSR count). The zero-order valence-corrected chi connectivity index (χ0v) is 24.3. The minimum atomic E-state index is -3.76. The van der Waals surface area contributed by atoms with Gasteiger partial charge in [-0.1, -0.05) is 51.3 Å². The molecule has 0 unspecified atom stereocenters. The van der Waals surface area contributed by atoms with Gasteiger partial charge < -0.3 is 10.2 Å². The van der Waals surface area contributed by atoms with Gasteiger partial charge in [-0.25, -0.2) is 8.42 Å². The number of nitrogens with one attached hydrogen (secondary N) is 2. The third-order valence-electron chi connectivity index (χ3n) is 6.67. The molecule has 3 aromatic rings. The van der Waals surface area contributed by atoms with E-state index in [-0.39, 0.29) is 17.3 Å². The number of hydrogen-bond acceptors (Lipinski definition) is 4. The number of halogens is 2. The number of likely N-dealkylation sites (tertiary alicyclic amines) is 1. The van der Waals surface area contributed by atoms with Crippen molar-refractivity contribution in [3.8, 4) is 0 Å². The lowest BCUT2D eigenvalue weighted by Crippen LogP contribution is -2.43. The molecule has 7 nitrogen and oxygen atoms in total. The van der Waals surface area contributed by atoms with Crippen LogP contribution in [0.4, 0.5) is 5.69 Å². The summed E-state index contributed by atoms with van der Waals surface area (Å²) in [5, 5.41) is 3.39. The lowest BCUT2D eigenvalue weighted by Gasteiger charge is -2.32. The normalized spacial score (nSPS) is 14.3. The molecule has 3 aromatic carbocycles. The number of sulfonamides is 1. The van der Waals surface area contributed by atoms with Crippen LogP contribution in [0.1, 0.15) is 45.8 Å². The molecule has 0 aromatic heterocycles. The molecule has 0 bridgehead atoms. The molecule has 38 heavy (non-hydrogen) atoms. The van der Waals surface area contributed by atoms with Crippen LogP contribution in [-0.2, 0) is 14.8 Å². The van der Waals surface area contributed by atoms with E-state index >= 15 is 0 Å². The van der Waals surface area contributed by atoms with E-state index in [9.17, 15) is 18.0 Å². The van der Waals surface area contributed by atoms with Gasteiger partial charge in [0.15, 0.2) is 0 Å². The molecule has 1 aliphatic rings. The van der Waals surface area contributed by atoms with Crippen LogP contribution in [-0.4, -0.2) is 44.8 Å². The number of aryl methyl sites for hydroxylation is 2. The Bertz CT molecular complexity index is 1450. The molecule has 0 radical (unpaired) electrons. The van der Waals surface area contributed by atoms with Gasteiger partial charge in [-0.3, -0.25) is 14.3 Å². The number of carbonyl (C=O) groups excluding carboxylic acids is 2. The lowest BCUT2D eigenvalue weighted by molar-refractivity contribution is -0.131. The highest BCUT2D eigenvalue weighted by atomic mass is 79.9. The molecule has 1 heterocycles. The Balaban J connectivity index is 1.28. The summed E-state index contributed by atoms with van der Waals surface area (Å²) in [5.41, 5.74) is 3.39. The lowest BCUT2D eigenvalue weighted by atomic mass is 9.89. The predicted octanol–water partition coefficient (Wildman–Crippen LogP) is 5.66. The predicted molar refractivity (Wildman–Crippen MR) is 153 cm³/mol. The van der Waals surface area contributed by atoms with Crippen molar-refractivity contribution in [3.05, 3.63) is 92.4 Å². The van der Waals surface area contributed by atoms with E-state index in [1.54, 1.807) is 24.0 Å². The largest absolute Gasteiger partial charge is 0.343 e. The van der Waals surface area contributed by atoms with Gasteiger partial charge in [-0.05, 0) is 86.2 Å². The Morgan fingerprint density at radius 3 is 2.32 bits per heavy atom. The molecule has 2 N–H and O–H groups in total. The van der Waals surface area contributed by atoms with E-state index in [1.165, 1.54) is 24.3 Å². The van der Waals surface area contributed by atoms with E-state index in [4.69, 9.17) is 11.6 Å². The fourth-order valence-electron chi connectivity index (χ4n) is 4.64. The summed E-state index contributed by atoms with van der Waals surface area (Å²) in [7, 11) is -3.76. The first-order valence-electron chi connectivity index (χ1n) is 12.2. The minimum absolute atomic E-state index is 0.108. The molecule has 200 valence electrons. The number of anilines is 1. The van der Waals surface area contributed by atoms with Crippen molar-refractivity contribution in [2.45, 2.75) is 37.5 Å². The van der Waals surface area contributed by atoms with Crippen LogP contribution < -0.4 is 10.0 Å². The van der Waals surface area contributed by atoms with Gasteiger partial charge >= 0.3 is 0 Å². The summed E-state index contributed by atoms with van der Waals surface area (Å²) in [6, 6.07) is 17.1. The van der Waals surface area contributed by atoms with E-state index < -0.39 is 15.9 Å². The summed E-state index contributed by atoms with van der Waals surface area (Å²) in [4.78, 5) is 27.2. The van der Waals surface area contributed by atoms with Gasteiger partial charge in [0.2, 0.25) is 5.91 Å². The second-order valence-corrected chi connectivity index (χ2v) is 12.4. The Morgan fingerprint density at radius 2 is 1.68 bits per heavy atom.